The molecule has 0 radical (unpaired) electrons. The smallest absolute Gasteiger partial charge is 0.00238 e. The van der Waals surface area contributed by atoms with Gasteiger partial charge in [0.1, 0.15) is 0 Å². The molecule has 0 rings (SSSR count). The van der Waals surface area contributed by atoms with Crippen LogP contribution in [0.1, 0.15) is 12.8 Å². The van der Waals surface area contributed by atoms with E-state index in [1.165, 1.54) is 34.5 Å². The zero-order chi connectivity index (χ0) is 11.2. The molecule has 0 bridgehead atoms. The van der Waals surface area contributed by atoms with Crippen molar-refractivity contribution in [3.05, 3.63) is 25.3 Å². The van der Waals surface area contributed by atoms with Gasteiger partial charge in [-0.05, 0) is 24.3 Å². The van der Waals surface area contributed by atoms with Crippen LogP contribution in [0.2, 0.25) is 0 Å². The van der Waals surface area contributed by atoms with Crippen LogP contribution in [0.4, 0.5) is 0 Å². The van der Waals surface area contributed by atoms with Crippen molar-refractivity contribution in [2.45, 2.75) is 12.8 Å². The fourth-order valence-corrected chi connectivity index (χ4v) is 4.04. The molecule has 3 heteroatoms. The van der Waals surface area contributed by atoms with Gasteiger partial charge in [0.15, 0.2) is 0 Å². The number of hydrogen-bond acceptors (Lipinski definition) is 3. The Kier molecular flexibility index (Phi) is 15.0. The van der Waals surface area contributed by atoms with E-state index in [1.54, 1.807) is 0 Å². The summed E-state index contributed by atoms with van der Waals surface area (Å²) in [6, 6.07) is 0. The first-order valence-electron chi connectivity index (χ1n) is 5.37. The second kappa shape index (κ2) is 14.5. The summed E-state index contributed by atoms with van der Waals surface area (Å²) in [6.45, 7) is 7.43. The average molecular weight is 263 g/mol. The van der Waals surface area contributed by atoms with Crippen molar-refractivity contribution in [1.82, 2.24) is 0 Å². The van der Waals surface area contributed by atoms with Crippen LogP contribution in [-0.4, -0.2) is 34.5 Å². The highest BCUT2D eigenvalue weighted by atomic mass is 32.2. The van der Waals surface area contributed by atoms with Crippen LogP contribution < -0.4 is 0 Å². The summed E-state index contributed by atoms with van der Waals surface area (Å²) in [5.41, 5.74) is 0. The van der Waals surface area contributed by atoms with E-state index in [1.807, 2.05) is 35.7 Å². The first kappa shape index (κ1) is 15.5. The third kappa shape index (κ3) is 14.5. The molecule has 0 aliphatic rings. The van der Waals surface area contributed by atoms with Crippen molar-refractivity contribution in [3.63, 3.8) is 0 Å². The van der Waals surface area contributed by atoms with Gasteiger partial charge in [0, 0.05) is 23.0 Å². The second-order valence-electron chi connectivity index (χ2n) is 2.99. The van der Waals surface area contributed by atoms with Crippen molar-refractivity contribution in [2.24, 2.45) is 0 Å². The summed E-state index contributed by atoms with van der Waals surface area (Å²) in [5.74, 6) is 7.63. The minimum atomic E-state index is 1.15. The van der Waals surface area contributed by atoms with E-state index < -0.39 is 0 Å². The third-order valence-electron chi connectivity index (χ3n) is 1.68. The van der Waals surface area contributed by atoms with Crippen molar-refractivity contribution in [3.8, 4) is 0 Å². The highest BCUT2D eigenvalue weighted by molar-refractivity contribution is 8.04. The normalized spacial score (nSPS) is 10.1. The number of hydrogen-bond donors (Lipinski definition) is 0. The van der Waals surface area contributed by atoms with Crippen LogP contribution >= 0.6 is 35.3 Å². The zero-order valence-corrected chi connectivity index (χ0v) is 11.9. The SMILES string of the molecule is C=CCCSCCSCCSCCC=C. The lowest BCUT2D eigenvalue weighted by Crippen LogP contribution is -1.91. The van der Waals surface area contributed by atoms with Crippen LogP contribution in [0.25, 0.3) is 0 Å². The molecule has 0 nitrogen and oxygen atoms in total. The lowest BCUT2D eigenvalue weighted by atomic mass is 10.5. The van der Waals surface area contributed by atoms with Gasteiger partial charge in [0.05, 0.1) is 0 Å². The molecule has 15 heavy (non-hydrogen) atoms. The van der Waals surface area contributed by atoms with Crippen LogP contribution in [0.3, 0.4) is 0 Å². The lowest BCUT2D eigenvalue weighted by molar-refractivity contribution is 1.25. The molecule has 0 aliphatic heterocycles. The third-order valence-corrected chi connectivity index (χ3v) is 5.21. The molecule has 0 saturated carbocycles. The molecular weight excluding hydrogens is 240 g/mol. The first-order valence-corrected chi connectivity index (χ1v) is 8.83. The molecule has 0 N–H and O–H groups in total. The predicted octanol–water partition coefficient (Wildman–Crippen LogP) is 4.34. The molecular formula is C12H22S3. The minimum absolute atomic E-state index is 1.15. The Morgan fingerprint density at radius 3 is 1.27 bits per heavy atom. The minimum Gasteiger partial charge on any atom is -0.161 e. The van der Waals surface area contributed by atoms with E-state index in [0.29, 0.717) is 0 Å². The Balaban J connectivity index is 2.86. The van der Waals surface area contributed by atoms with Gasteiger partial charge < -0.3 is 0 Å². The Morgan fingerprint density at radius 1 is 0.600 bits per heavy atom. The van der Waals surface area contributed by atoms with Gasteiger partial charge in [0.25, 0.3) is 0 Å². The van der Waals surface area contributed by atoms with E-state index in [2.05, 4.69) is 24.9 Å². The Morgan fingerprint density at radius 2 is 0.933 bits per heavy atom. The average Bonchev–Trinajstić information content (AvgIpc) is 2.26. The summed E-state index contributed by atoms with van der Waals surface area (Å²) in [4.78, 5) is 0. The van der Waals surface area contributed by atoms with E-state index in [0.717, 1.165) is 12.8 Å². The summed E-state index contributed by atoms with van der Waals surface area (Å²) in [6.07, 6.45) is 6.28. The van der Waals surface area contributed by atoms with Gasteiger partial charge in [-0.2, -0.15) is 35.3 Å². The molecule has 88 valence electrons. The molecule has 0 amide bonds. The Hall–Kier alpha value is 0.530. The van der Waals surface area contributed by atoms with Crippen molar-refractivity contribution in [2.75, 3.05) is 34.5 Å². The van der Waals surface area contributed by atoms with Gasteiger partial charge in [-0.1, -0.05) is 12.2 Å². The van der Waals surface area contributed by atoms with Crippen LogP contribution in [0.5, 0.6) is 0 Å². The number of allylic oxidation sites excluding steroid dienone is 2. The molecule has 0 heterocycles. The highest BCUT2D eigenvalue weighted by Gasteiger charge is 1.91. The quantitative estimate of drug-likeness (QED) is 0.379. The molecule has 0 aromatic rings. The maximum absolute atomic E-state index is 3.72. The maximum Gasteiger partial charge on any atom is 0.00238 e. The molecule has 0 atom stereocenters. The topological polar surface area (TPSA) is 0 Å². The van der Waals surface area contributed by atoms with E-state index in [9.17, 15) is 0 Å². The largest absolute Gasteiger partial charge is 0.161 e. The van der Waals surface area contributed by atoms with Crippen molar-refractivity contribution in [1.29, 1.82) is 0 Å². The second-order valence-corrected chi connectivity index (χ2v) is 6.67. The number of rotatable bonds is 12. The lowest BCUT2D eigenvalue weighted by Gasteiger charge is -2.01. The highest BCUT2D eigenvalue weighted by Crippen LogP contribution is 2.11. The first-order chi connectivity index (χ1) is 7.41. The standard InChI is InChI=1S/C12H22S3/c1-3-5-7-13-9-11-15-12-10-14-8-6-4-2/h3-4H,1-2,5-12H2. The zero-order valence-electron chi connectivity index (χ0n) is 9.45. The van der Waals surface area contributed by atoms with Crippen LogP contribution in [0.15, 0.2) is 25.3 Å². The van der Waals surface area contributed by atoms with E-state index in [-0.39, 0.29) is 0 Å². The fourth-order valence-electron chi connectivity index (χ4n) is 0.875. The van der Waals surface area contributed by atoms with Gasteiger partial charge in [-0.25, -0.2) is 0 Å². The van der Waals surface area contributed by atoms with Crippen molar-refractivity contribution >= 4 is 35.3 Å². The molecule has 0 spiro atoms. The molecule has 0 saturated heterocycles. The monoisotopic (exact) mass is 262 g/mol. The molecule has 0 fully saturated rings. The fraction of sp³-hybridized carbons (Fsp3) is 0.667. The van der Waals surface area contributed by atoms with Gasteiger partial charge in [0.2, 0.25) is 0 Å². The summed E-state index contributed by atoms with van der Waals surface area (Å²) in [7, 11) is 0. The summed E-state index contributed by atoms with van der Waals surface area (Å²) >= 11 is 6.15. The summed E-state index contributed by atoms with van der Waals surface area (Å²) in [5, 5.41) is 0. The molecule has 0 aliphatic carbocycles. The number of thioether (sulfide) groups is 3. The maximum atomic E-state index is 3.72. The van der Waals surface area contributed by atoms with Gasteiger partial charge in [-0.3, -0.25) is 0 Å². The van der Waals surface area contributed by atoms with Gasteiger partial charge >= 0.3 is 0 Å². The Labute approximate surface area is 108 Å². The van der Waals surface area contributed by atoms with Gasteiger partial charge in [-0.15, -0.1) is 13.2 Å². The van der Waals surface area contributed by atoms with E-state index >= 15 is 0 Å². The van der Waals surface area contributed by atoms with E-state index in [4.69, 9.17) is 0 Å². The Bertz CT molecular complexity index is 130. The molecule has 0 aromatic carbocycles. The molecule has 0 aromatic heterocycles. The van der Waals surface area contributed by atoms with Crippen LogP contribution in [-0.2, 0) is 0 Å². The summed E-state index contributed by atoms with van der Waals surface area (Å²) < 4.78 is 0. The predicted molar refractivity (Wildman–Crippen MR) is 81.6 cm³/mol. The van der Waals surface area contributed by atoms with Crippen LogP contribution in [0, 0.1) is 0 Å². The molecule has 0 unspecified atom stereocenters. The van der Waals surface area contributed by atoms with Crippen molar-refractivity contribution < 1.29 is 0 Å².